The highest BCUT2D eigenvalue weighted by Gasteiger charge is 2.22. The second-order valence-electron chi connectivity index (χ2n) is 3.47. The van der Waals surface area contributed by atoms with E-state index in [9.17, 15) is 8.78 Å². The third-order valence-corrected chi connectivity index (χ3v) is 3.45. The molecule has 2 rings (SSSR count). The van der Waals surface area contributed by atoms with Crippen LogP contribution in [0.15, 0.2) is 29.6 Å². The molecule has 2 aromatic rings. The molecule has 0 radical (unpaired) electrons. The SMILES string of the molecule is COc1ccsc1C(N)c1c(F)cccc1F. The Morgan fingerprint density at radius 2 is 1.88 bits per heavy atom. The molecule has 0 aliphatic heterocycles. The summed E-state index contributed by atoms with van der Waals surface area (Å²) in [5.74, 6) is -0.744. The van der Waals surface area contributed by atoms with Crippen molar-refractivity contribution in [2.45, 2.75) is 6.04 Å². The molecular formula is C12H11F2NOS. The maximum Gasteiger partial charge on any atom is 0.134 e. The van der Waals surface area contributed by atoms with Crippen molar-refractivity contribution in [1.82, 2.24) is 0 Å². The zero-order chi connectivity index (χ0) is 12.4. The van der Waals surface area contributed by atoms with Crippen molar-refractivity contribution in [1.29, 1.82) is 0 Å². The normalized spacial score (nSPS) is 12.5. The number of hydrogen-bond acceptors (Lipinski definition) is 3. The molecule has 1 aromatic carbocycles. The van der Waals surface area contributed by atoms with Crippen molar-refractivity contribution in [3.8, 4) is 5.75 Å². The van der Waals surface area contributed by atoms with Gasteiger partial charge in [0.2, 0.25) is 0 Å². The van der Waals surface area contributed by atoms with Gasteiger partial charge in [-0.1, -0.05) is 6.07 Å². The Morgan fingerprint density at radius 3 is 2.47 bits per heavy atom. The number of thiophene rings is 1. The Bertz CT molecular complexity index is 507. The standard InChI is InChI=1S/C12H11F2NOS/c1-16-9-5-6-17-12(9)11(15)10-7(13)3-2-4-8(10)14/h2-6,11H,15H2,1H3. The molecule has 0 amide bonds. The predicted octanol–water partition coefficient (Wildman–Crippen LogP) is 3.08. The van der Waals surface area contributed by atoms with Crippen LogP contribution in [0.25, 0.3) is 0 Å². The number of halogens is 2. The summed E-state index contributed by atoms with van der Waals surface area (Å²) in [6.45, 7) is 0. The Morgan fingerprint density at radius 1 is 1.24 bits per heavy atom. The molecule has 0 spiro atoms. The fourth-order valence-electron chi connectivity index (χ4n) is 1.64. The molecule has 2 N–H and O–H groups in total. The van der Waals surface area contributed by atoms with Crippen molar-refractivity contribution in [3.63, 3.8) is 0 Å². The van der Waals surface area contributed by atoms with Gasteiger partial charge in [-0.05, 0) is 23.6 Å². The van der Waals surface area contributed by atoms with Crippen LogP contribution in [0.5, 0.6) is 5.75 Å². The second-order valence-corrected chi connectivity index (χ2v) is 4.41. The molecular weight excluding hydrogens is 244 g/mol. The van der Waals surface area contributed by atoms with Crippen LogP contribution in [0.1, 0.15) is 16.5 Å². The van der Waals surface area contributed by atoms with Crippen LogP contribution in [0.2, 0.25) is 0 Å². The lowest BCUT2D eigenvalue weighted by Crippen LogP contribution is -2.15. The summed E-state index contributed by atoms with van der Waals surface area (Å²) in [4.78, 5) is 0.608. The molecule has 5 heteroatoms. The maximum atomic E-state index is 13.6. The highest BCUT2D eigenvalue weighted by atomic mass is 32.1. The molecule has 0 saturated heterocycles. The van der Waals surface area contributed by atoms with E-state index in [0.717, 1.165) is 0 Å². The summed E-state index contributed by atoms with van der Waals surface area (Å²) in [6, 6.07) is 4.56. The van der Waals surface area contributed by atoms with E-state index in [1.807, 2.05) is 0 Å². The minimum absolute atomic E-state index is 0.131. The molecule has 0 fully saturated rings. The van der Waals surface area contributed by atoms with Crippen molar-refractivity contribution in [3.05, 3.63) is 51.7 Å². The van der Waals surface area contributed by atoms with Gasteiger partial charge in [-0.25, -0.2) is 8.78 Å². The van der Waals surface area contributed by atoms with Crippen molar-refractivity contribution >= 4 is 11.3 Å². The molecule has 1 unspecified atom stereocenters. The average molecular weight is 255 g/mol. The molecule has 0 aliphatic carbocycles. The summed E-state index contributed by atoms with van der Waals surface area (Å²) < 4.78 is 32.2. The first-order chi connectivity index (χ1) is 8.15. The smallest absolute Gasteiger partial charge is 0.134 e. The van der Waals surface area contributed by atoms with Crippen LogP contribution in [0.4, 0.5) is 8.78 Å². The molecule has 0 aliphatic rings. The van der Waals surface area contributed by atoms with Crippen LogP contribution in [-0.4, -0.2) is 7.11 Å². The van der Waals surface area contributed by atoms with Gasteiger partial charge in [0, 0.05) is 5.56 Å². The number of nitrogens with two attached hydrogens (primary N) is 1. The Balaban J connectivity index is 2.47. The minimum atomic E-state index is -0.855. The molecule has 0 bridgehead atoms. The quantitative estimate of drug-likeness (QED) is 0.914. The van der Waals surface area contributed by atoms with E-state index in [1.165, 1.54) is 36.6 Å². The topological polar surface area (TPSA) is 35.2 Å². The summed E-state index contributed by atoms with van der Waals surface area (Å²) in [7, 11) is 1.50. The predicted molar refractivity (Wildman–Crippen MR) is 63.3 cm³/mol. The van der Waals surface area contributed by atoms with E-state index < -0.39 is 17.7 Å². The van der Waals surface area contributed by atoms with Crippen LogP contribution in [-0.2, 0) is 0 Å². The first kappa shape index (κ1) is 12.0. The Labute approximate surface area is 102 Å². The van der Waals surface area contributed by atoms with Gasteiger partial charge in [-0.3, -0.25) is 0 Å². The van der Waals surface area contributed by atoms with Gasteiger partial charge < -0.3 is 10.5 Å². The van der Waals surface area contributed by atoms with Crippen LogP contribution in [0.3, 0.4) is 0 Å². The van der Waals surface area contributed by atoms with E-state index >= 15 is 0 Å². The Kier molecular flexibility index (Phi) is 3.40. The van der Waals surface area contributed by atoms with Gasteiger partial charge in [0.1, 0.15) is 17.4 Å². The number of hydrogen-bond donors (Lipinski definition) is 1. The number of benzene rings is 1. The Hall–Kier alpha value is -1.46. The third-order valence-electron chi connectivity index (χ3n) is 2.47. The zero-order valence-electron chi connectivity index (χ0n) is 9.11. The van der Waals surface area contributed by atoms with Crippen molar-refractivity contribution < 1.29 is 13.5 Å². The lowest BCUT2D eigenvalue weighted by molar-refractivity contribution is 0.409. The van der Waals surface area contributed by atoms with Gasteiger partial charge in [0.15, 0.2) is 0 Å². The van der Waals surface area contributed by atoms with Gasteiger partial charge in [-0.2, -0.15) is 0 Å². The fourth-order valence-corrected chi connectivity index (χ4v) is 2.51. The number of ether oxygens (including phenoxy) is 1. The highest BCUT2D eigenvalue weighted by molar-refractivity contribution is 7.10. The van der Waals surface area contributed by atoms with E-state index in [4.69, 9.17) is 10.5 Å². The largest absolute Gasteiger partial charge is 0.496 e. The molecule has 1 atom stereocenters. The van der Waals surface area contributed by atoms with Crippen LogP contribution in [0, 0.1) is 11.6 Å². The average Bonchev–Trinajstić information content (AvgIpc) is 2.76. The zero-order valence-corrected chi connectivity index (χ0v) is 9.93. The molecule has 1 heterocycles. The van der Waals surface area contributed by atoms with Gasteiger partial charge in [-0.15, -0.1) is 11.3 Å². The minimum Gasteiger partial charge on any atom is -0.496 e. The van der Waals surface area contributed by atoms with Gasteiger partial charge in [0.05, 0.1) is 18.0 Å². The number of methoxy groups -OCH3 is 1. The lowest BCUT2D eigenvalue weighted by Gasteiger charge is -2.13. The summed E-state index contributed by atoms with van der Waals surface area (Å²) in [5.41, 5.74) is 5.76. The summed E-state index contributed by atoms with van der Waals surface area (Å²) in [6.07, 6.45) is 0. The summed E-state index contributed by atoms with van der Waals surface area (Å²) in [5, 5.41) is 1.77. The third kappa shape index (κ3) is 2.16. The number of rotatable bonds is 3. The van der Waals surface area contributed by atoms with E-state index in [0.29, 0.717) is 10.6 Å². The monoisotopic (exact) mass is 255 g/mol. The van der Waals surface area contributed by atoms with Gasteiger partial charge in [0.25, 0.3) is 0 Å². The lowest BCUT2D eigenvalue weighted by atomic mass is 10.0. The fraction of sp³-hybridized carbons (Fsp3) is 0.167. The molecule has 0 saturated carbocycles. The van der Waals surface area contributed by atoms with Crippen molar-refractivity contribution in [2.75, 3.05) is 7.11 Å². The summed E-state index contributed by atoms with van der Waals surface area (Å²) >= 11 is 1.31. The molecule has 17 heavy (non-hydrogen) atoms. The molecule has 1 aromatic heterocycles. The second kappa shape index (κ2) is 4.81. The maximum absolute atomic E-state index is 13.6. The molecule has 2 nitrogen and oxygen atoms in total. The van der Waals surface area contributed by atoms with E-state index in [1.54, 1.807) is 11.4 Å². The van der Waals surface area contributed by atoms with E-state index in [-0.39, 0.29) is 5.56 Å². The molecule has 90 valence electrons. The van der Waals surface area contributed by atoms with Crippen molar-refractivity contribution in [2.24, 2.45) is 5.73 Å². The first-order valence-electron chi connectivity index (χ1n) is 4.96. The first-order valence-corrected chi connectivity index (χ1v) is 5.84. The van der Waals surface area contributed by atoms with Crippen LogP contribution >= 0.6 is 11.3 Å². The van der Waals surface area contributed by atoms with Crippen LogP contribution < -0.4 is 10.5 Å². The van der Waals surface area contributed by atoms with Gasteiger partial charge >= 0.3 is 0 Å². The highest BCUT2D eigenvalue weighted by Crippen LogP contribution is 2.34. The van der Waals surface area contributed by atoms with E-state index in [2.05, 4.69) is 0 Å².